The number of aromatic nitrogens is 2. The van der Waals surface area contributed by atoms with Crippen LogP contribution in [0.2, 0.25) is 10.0 Å². The minimum absolute atomic E-state index is 0.0492. The van der Waals surface area contributed by atoms with E-state index in [0.717, 1.165) is 4.57 Å². The van der Waals surface area contributed by atoms with Crippen molar-refractivity contribution < 1.29 is 10.0 Å². The molecule has 30 heavy (non-hydrogen) atoms. The molecule has 0 aliphatic rings. The highest BCUT2D eigenvalue weighted by atomic mass is 35.5. The number of hydrogen-bond acceptors (Lipinski definition) is 4. The van der Waals surface area contributed by atoms with Crippen LogP contribution >= 0.6 is 23.2 Å². The maximum Gasteiger partial charge on any atom is 0.340 e. The lowest BCUT2D eigenvalue weighted by Crippen LogP contribution is -2.29. The second-order valence-electron chi connectivity index (χ2n) is 6.38. The van der Waals surface area contributed by atoms with E-state index in [-0.39, 0.29) is 21.4 Å². The molecule has 0 aliphatic carbocycles. The van der Waals surface area contributed by atoms with Crippen molar-refractivity contribution in [2.24, 2.45) is 10.9 Å². The molecule has 7 nitrogen and oxygen atoms in total. The minimum atomic E-state index is -0.626. The Morgan fingerprint density at radius 2 is 1.50 bits per heavy atom. The Labute approximate surface area is 180 Å². The monoisotopic (exact) mass is 440 g/mol. The molecule has 0 fully saturated rings. The van der Waals surface area contributed by atoms with E-state index in [1.54, 1.807) is 54.6 Å². The van der Waals surface area contributed by atoms with Crippen LogP contribution in [0.25, 0.3) is 16.7 Å². The summed E-state index contributed by atoms with van der Waals surface area (Å²) < 4.78 is 2.44. The van der Waals surface area contributed by atoms with Crippen molar-refractivity contribution in [3.8, 4) is 5.69 Å². The number of oxime groups is 1. The first kappa shape index (κ1) is 19.8. The number of benzene rings is 3. The second-order valence-corrected chi connectivity index (χ2v) is 7.19. The maximum absolute atomic E-state index is 13.3. The van der Waals surface area contributed by atoms with Gasteiger partial charge in [-0.15, -0.1) is 0 Å². The molecule has 0 aliphatic heterocycles. The molecule has 0 spiro atoms. The molecule has 0 radical (unpaired) electrons. The Kier molecular flexibility index (Phi) is 5.07. The number of halogens is 2. The second kappa shape index (κ2) is 7.70. The number of para-hydroxylation sites is 2. The first-order valence-corrected chi connectivity index (χ1v) is 9.49. The molecule has 0 atom stereocenters. The van der Waals surface area contributed by atoms with Gasteiger partial charge in [0, 0.05) is 5.56 Å². The van der Waals surface area contributed by atoms with Gasteiger partial charge < -0.3 is 10.9 Å². The summed E-state index contributed by atoms with van der Waals surface area (Å²) in [5, 5.41) is 12.1. The van der Waals surface area contributed by atoms with Gasteiger partial charge in [-0.25, -0.2) is 9.36 Å². The predicted molar refractivity (Wildman–Crippen MR) is 116 cm³/mol. The highest BCUT2D eigenvalue weighted by molar-refractivity contribution is 6.39. The topological polar surface area (TPSA) is 103 Å². The fourth-order valence-electron chi connectivity index (χ4n) is 3.25. The third kappa shape index (κ3) is 3.14. The first-order chi connectivity index (χ1) is 14.4. The number of carbonyl (C=O) groups is 1. The van der Waals surface area contributed by atoms with Crippen molar-refractivity contribution in [2.45, 2.75) is 0 Å². The number of hydrogen-bond donors (Lipinski definition) is 2. The summed E-state index contributed by atoms with van der Waals surface area (Å²) in [6.45, 7) is 0. The molecular formula is C21H14Cl2N4O3. The smallest absolute Gasteiger partial charge is 0.340 e. The van der Waals surface area contributed by atoms with Crippen molar-refractivity contribution in [3.63, 3.8) is 0 Å². The highest BCUT2D eigenvalue weighted by Gasteiger charge is 2.24. The van der Waals surface area contributed by atoms with Crippen LogP contribution < -0.4 is 11.4 Å². The fraction of sp³-hybridized carbons (Fsp3) is 0. The number of amidine groups is 1. The summed E-state index contributed by atoms with van der Waals surface area (Å²) in [4.78, 5) is 26.6. The van der Waals surface area contributed by atoms with Crippen molar-refractivity contribution in [1.29, 1.82) is 0 Å². The Morgan fingerprint density at radius 3 is 2.10 bits per heavy atom. The standard InChI is InChI=1S/C21H14Cl2N4O3/c22-14-4-3-5-15(23)18(14)20(28)27-17-7-2-1-6-16(17)26(21(27)29)13-10-8-12(9-11-13)19(24)25-30/h1-11,30H,(H2,24,25). The third-order valence-corrected chi connectivity index (χ3v) is 5.28. The lowest BCUT2D eigenvalue weighted by Gasteiger charge is -2.06. The molecule has 0 saturated carbocycles. The van der Waals surface area contributed by atoms with Crippen molar-refractivity contribution in [3.05, 3.63) is 98.4 Å². The molecule has 1 heterocycles. The van der Waals surface area contributed by atoms with Gasteiger partial charge in [0.1, 0.15) is 0 Å². The zero-order valence-corrected chi connectivity index (χ0v) is 16.8. The maximum atomic E-state index is 13.3. The van der Waals surface area contributed by atoms with Gasteiger partial charge in [0.15, 0.2) is 5.84 Å². The summed E-state index contributed by atoms with van der Waals surface area (Å²) in [5.74, 6) is -0.682. The Bertz CT molecular complexity index is 1350. The molecule has 1 aromatic heterocycles. The average Bonchev–Trinajstić information content (AvgIpc) is 3.04. The molecule has 0 saturated heterocycles. The third-order valence-electron chi connectivity index (χ3n) is 4.65. The lowest BCUT2D eigenvalue weighted by molar-refractivity contribution is 0.0961. The van der Waals surface area contributed by atoms with Crippen LogP contribution in [-0.4, -0.2) is 26.1 Å². The molecule has 4 rings (SSSR count). The minimum Gasteiger partial charge on any atom is -0.409 e. The Morgan fingerprint density at radius 1 is 0.900 bits per heavy atom. The fourth-order valence-corrected chi connectivity index (χ4v) is 3.81. The molecular weight excluding hydrogens is 427 g/mol. The average molecular weight is 441 g/mol. The van der Waals surface area contributed by atoms with Crippen LogP contribution in [0.3, 0.4) is 0 Å². The van der Waals surface area contributed by atoms with Gasteiger partial charge in [0.05, 0.1) is 32.3 Å². The van der Waals surface area contributed by atoms with E-state index in [0.29, 0.717) is 22.3 Å². The molecule has 150 valence electrons. The van der Waals surface area contributed by atoms with E-state index in [2.05, 4.69) is 5.16 Å². The number of fused-ring (bicyclic) bond motifs is 1. The summed E-state index contributed by atoms with van der Waals surface area (Å²) >= 11 is 12.4. The SMILES string of the molecule is NC(=NO)c1ccc(-n2c(=O)n(C(=O)c3c(Cl)cccc3Cl)c3ccccc32)cc1. The molecule has 0 unspecified atom stereocenters. The summed E-state index contributed by atoms with van der Waals surface area (Å²) in [5.41, 5.74) is 6.99. The number of rotatable bonds is 3. The number of imidazole rings is 1. The van der Waals surface area contributed by atoms with E-state index < -0.39 is 11.6 Å². The van der Waals surface area contributed by atoms with E-state index >= 15 is 0 Å². The molecule has 4 aromatic rings. The number of carbonyl (C=O) groups excluding carboxylic acids is 1. The van der Waals surface area contributed by atoms with Gasteiger partial charge in [0.25, 0.3) is 5.91 Å². The van der Waals surface area contributed by atoms with Gasteiger partial charge in [-0.1, -0.05) is 46.6 Å². The Hall–Kier alpha value is -3.55. The van der Waals surface area contributed by atoms with Crippen LogP contribution in [0.1, 0.15) is 15.9 Å². The number of nitrogens with two attached hydrogens (primary N) is 1. The molecule has 0 bridgehead atoms. The van der Waals surface area contributed by atoms with E-state index in [1.807, 2.05) is 0 Å². The zero-order valence-electron chi connectivity index (χ0n) is 15.3. The summed E-state index contributed by atoms with van der Waals surface area (Å²) in [6.07, 6.45) is 0. The summed E-state index contributed by atoms with van der Waals surface area (Å²) in [7, 11) is 0. The van der Waals surface area contributed by atoms with Crippen LogP contribution in [-0.2, 0) is 0 Å². The summed E-state index contributed by atoms with van der Waals surface area (Å²) in [6, 6.07) is 18.1. The normalized spacial score (nSPS) is 11.7. The van der Waals surface area contributed by atoms with Crippen molar-refractivity contribution in [1.82, 2.24) is 9.13 Å². The lowest BCUT2D eigenvalue weighted by atomic mass is 10.2. The first-order valence-electron chi connectivity index (χ1n) is 8.73. The Balaban J connectivity index is 1.96. The number of nitrogens with zero attached hydrogens (tertiary/aromatic N) is 3. The largest absolute Gasteiger partial charge is 0.409 e. The van der Waals surface area contributed by atoms with E-state index in [4.69, 9.17) is 34.1 Å². The molecule has 3 aromatic carbocycles. The van der Waals surface area contributed by atoms with Crippen LogP contribution in [0.15, 0.2) is 76.7 Å². The highest BCUT2D eigenvalue weighted by Crippen LogP contribution is 2.27. The quantitative estimate of drug-likeness (QED) is 0.218. The van der Waals surface area contributed by atoms with Crippen LogP contribution in [0, 0.1) is 0 Å². The van der Waals surface area contributed by atoms with Crippen molar-refractivity contribution >= 4 is 46.0 Å². The molecule has 9 heteroatoms. The van der Waals surface area contributed by atoms with Gasteiger partial charge in [-0.05, 0) is 48.5 Å². The van der Waals surface area contributed by atoms with Gasteiger partial charge in [-0.2, -0.15) is 0 Å². The van der Waals surface area contributed by atoms with Gasteiger partial charge in [-0.3, -0.25) is 9.36 Å². The van der Waals surface area contributed by atoms with E-state index in [1.165, 1.54) is 16.7 Å². The van der Waals surface area contributed by atoms with Gasteiger partial charge in [0.2, 0.25) is 0 Å². The zero-order chi connectivity index (χ0) is 21.4. The molecule has 3 N–H and O–H groups in total. The van der Waals surface area contributed by atoms with E-state index in [9.17, 15) is 9.59 Å². The predicted octanol–water partition coefficient (Wildman–Crippen LogP) is 3.88. The van der Waals surface area contributed by atoms with Crippen LogP contribution in [0.5, 0.6) is 0 Å². The van der Waals surface area contributed by atoms with Crippen LogP contribution in [0.4, 0.5) is 0 Å². The van der Waals surface area contributed by atoms with Gasteiger partial charge >= 0.3 is 5.69 Å². The van der Waals surface area contributed by atoms with Crippen molar-refractivity contribution in [2.75, 3.05) is 0 Å². The molecule has 0 amide bonds.